The number of nitrogens with one attached hydrogen (secondary N) is 1. The highest BCUT2D eigenvalue weighted by atomic mass is 79.9. The summed E-state index contributed by atoms with van der Waals surface area (Å²) in [5.41, 5.74) is 0. The lowest BCUT2D eigenvalue weighted by Crippen LogP contribution is -2.44. The van der Waals surface area contributed by atoms with E-state index in [9.17, 15) is 9.59 Å². The Balaban J connectivity index is 1.57. The molecule has 1 amide bonds. The lowest BCUT2D eigenvalue weighted by molar-refractivity contribution is -0.152. The molecule has 2 rings (SSSR count). The normalized spacial score (nSPS) is 20.2. The van der Waals surface area contributed by atoms with E-state index < -0.39 is 11.9 Å². The SMILES string of the molecule is O=C(O)C1CCC1C(=O)NCCCCSc1ccccc1Br. The number of carboxylic acids is 1. The molecule has 0 radical (unpaired) electrons. The van der Waals surface area contributed by atoms with E-state index in [-0.39, 0.29) is 11.8 Å². The van der Waals surface area contributed by atoms with Gasteiger partial charge in [0, 0.05) is 15.9 Å². The first-order valence-corrected chi connectivity index (χ1v) is 9.25. The van der Waals surface area contributed by atoms with Gasteiger partial charge in [0.1, 0.15) is 0 Å². The molecule has 2 atom stereocenters. The molecule has 1 saturated carbocycles. The number of rotatable bonds is 8. The Labute approximate surface area is 143 Å². The summed E-state index contributed by atoms with van der Waals surface area (Å²) in [6, 6.07) is 8.12. The van der Waals surface area contributed by atoms with Crippen molar-refractivity contribution < 1.29 is 14.7 Å². The van der Waals surface area contributed by atoms with Crippen molar-refractivity contribution in [3.05, 3.63) is 28.7 Å². The number of benzene rings is 1. The molecule has 0 saturated heterocycles. The third kappa shape index (κ3) is 4.74. The second-order valence-corrected chi connectivity index (χ2v) is 7.40. The van der Waals surface area contributed by atoms with Gasteiger partial charge in [-0.15, -0.1) is 11.8 Å². The molecule has 120 valence electrons. The third-order valence-electron chi connectivity index (χ3n) is 3.89. The van der Waals surface area contributed by atoms with Crippen molar-refractivity contribution >= 4 is 39.6 Å². The van der Waals surface area contributed by atoms with E-state index in [0.717, 1.165) is 23.1 Å². The summed E-state index contributed by atoms with van der Waals surface area (Å²) >= 11 is 5.31. The topological polar surface area (TPSA) is 66.4 Å². The molecule has 1 fully saturated rings. The number of aliphatic carboxylic acids is 1. The average molecular weight is 386 g/mol. The first-order valence-electron chi connectivity index (χ1n) is 7.47. The van der Waals surface area contributed by atoms with Gasteiger partial charge in [0.25, 0.3) is 0 Å². The molecule has 0 aromatic heterocycles. The van der Waals surface area contributed by atoms with E-state index in [2.05, 4.69) is 27.3 Å². The van der Waals surface area contributed by atoms with Gasteiger partial charge in [0.2, 0.25) is 5.91 Å². The van der Waals surface area contributed by atoms with Crippen LogP contribution in [-0.2, 0) is 9.59 Å². The van der Waals surface area contributed by atoms with E-state index in [4.69, 9.17) is 5.11 Å². The highest BCUT2D eigenvalue weighted by molar-refractivity contribution is 9.10. The molecule has 0 heterocycles. The molecule has 1 aromatic carbocycles. The number of carboxylic acid groups (broad SMARTS) is 1. The van der Waals surface area contributed by atoms with Gasteiger partial charge in [-0.05, 0) is 59.5 Å². The van der Waals surface area contributed by atoms with Gasteiger partial charge in [0.05, 0.1) is 11.8 Å². The Kier molecular flexibility index (Phi) is 6.76. The van der Waals surface area contributed by atoms with Crippen LogP contribution in [0.25, 0.3) is 0 Å². The maximum Gasteiger partial charge on any atom is 0.307 e. The van der Waals surface area contributed by atoms with Crippen molar-refractivity contribution in [1.82, 2.24) is 5.32 Å². The smallest absolute Gasteiger partial charge is 0.307 e. The molecule has 6 heteroatoms. The molecule has 1 aliphatic carbocycles. The van der Waals surface area contributed by atoms with Gasteiger partial charge >= 0.3 is 5.97 Å². The van der Waals surface area contributed by atoms with Gasteiger partial charge in [-0.2, -0.15) is 0 Å². The summed E-state index contributed by atoms with van der Waals surface area (Å²) in [4.78, 5) is 24.0. The summed E-state index contributed by atoms with van der Waals surface area (Å²) in [6.45, 7) is 0.623. The molecule has 4 nitrogen and oxygen atoms in total. The number of thioether (sulfide) groups is 1. The summed E-state index contributed by atoms with van der Waals surface area (Å²) in [5.74, 6) is -0.758. The van der Waals surface area contributed by atoms with Crippen LogP contribution in [0.4, 0.5) is 0 Å². The first-order chi connectivity index (χ1) is 10.6. The molecular weight excluding hydrogens is 366 g/mol. The molecule has 0 bridgehead atoms. The fourth-order valence-corrected chi connectivity index (χ4v) is 4.00. The maximum atomic E-state index is 11.9. The second-order valence-electron chi connectivity index (χ2n) is 5.41. The molecule has 0 aliphatic heterocycles. The predicted molar refractivity (Wildman–Crippen MR) is 91.0 cm³/mol. The van der Waals surface area contributed by atoms with Crippen molar-refractivity contribution in [2.45, 2.75) is 30.6 Å². The van der Waals surface area contributed by atoms with Crippen LogP contribution in [0.5, 0.6) is 0 Å². The Morgan fingerprint density at radius 2 is 1.95 bits per heavy atom. The van der Waals surface area contributed by atoms with E-state index in [1.54, 1.807) is 11.8 Å². The minimum atomic E-state index is -0.851. The summed E-state index contributed by atoms with van der Waals surface area (Å²) in [6.07, 6.45) is 3.24. The third-order valence-corrected chi connectivity index (χ3v) is 6.01. The molecule has 22 heavy (non-hydrogen) atoms. The van der Waals surface area contributed by atoms with Crippen LogP contribution >= 0.6 is 27.7 Å². The number of hydrogen-bond donors (Lipinski definition) is 2. The van der Waals surface area contributed by atoms with Crippen LogP contribution in [0, 0.1) is 11.8 Å². The van der Waals surface area contributed by atoms with Crippen molar-refractivity contribution in [2.24, 2.45) is 11.8 Å². The molecule has 0 spiro atoms. The Hall–Kier alpha value is -1.01. The quantitative estimate of drug-likeness (QED) is 0.530. The van der Waals surface area contributed by atoms with Crippen molar-refractivity contribution in [3.63, 3.8) is 0 Å². The lowest BCUT2D eigenvalue weighted by atomic mass is 9.73. The maximum absolute atomic E-state index is 11.9. The highest BCUT2D eigenvalue weighted by Crippen LogP contribution is 2.34. The average Bonchev–Trinajstić information content (AvgIpc) is 2.42. The largest absolute Gasteiger partial charge is 0.481 e. The molecule has 2 N–H and O–H groups in total. The second kappa shape index (κ2) is 8.58. The van der Waals surface area contributed by atoms with Crippen molar-refractivity contribution in [1.29, 1.82) is 0 Å². The number of hydrogen-bond acceptors (Lipinski definition) is 3. The summed E-state index contributed by atoms with van der Waals surface area (Å²) in [5, 5.41) is 11.8. The van der Waals surface area contributed by atoms with Crippen LogP contribution in [0.1, 0.15) is 25.7 Å². The zero-order valence-corrected chi connectivity index (χ0v) is 14.7. The minimum Gasteiger partial charge on any atom is -0.481 e. The van der Waals surface area contributed by atoms with Gasteiger partial charge in [-0.1, -0.05) is 12.1 Å². The predicted octanol–water partition coefficient (Wildman–Crippen LogP) is 3.55. The van der Waals surface area contributed by atoms with Crippen LogP contribution in [0.3, 0.4) is 0 Å². The van der Waals surface area contributed by atoms with Crippen LogP contribution in [-0.4, -0.2) is 29.3 Å². The Morgan fingerprint density at radius 3 is 2.59 bits per heavy atom. The molecular formula is C16H20BrNO3S. The fourth-order valence-electron chi connectivity index (χ4n) is 2.42. The fraction of sp³-hybridized carbons (Fsp3) is 0.500. The van der Waals surface area contributed by atoms with E-state index in [1.807, 2.05) is 18.2 Å². The van der Waals surface area contributed by atoms with Crippen LogP contribution < -0.4 is 5.32 Å². The van der Waals surface area contributed by atoms with Gasteiger partial charge in [-0.3, -0.25) is 9.59 Å². The van der Waals surface area contributed by atoms with E-state index in [1.165, 1.54) is 4.90 Å². The monoisotopic (exact) mass is 385 g/mol. The summed E-state index contributed by atoms with van der Waals surface area (Å²) < 4.78 is 1.11. The Bertz CT molecular complexity index is 538. The molecule has 2 unspecified atom stereocenters. The van der Waals surface area contributed by atoms with Crippen molar-refractivity contribution in [2.75, 3.05) is 12.3 Å². The van der Waals surface area contributed by atoms with Crippen LogP contribution in [0.2, 0.25) is 0 Å². The minimum absolute atomic E-state index is 0.0999. The zero-order valence-electron chi connectivity index (χ0n) is 12.3. The molecule has 1 aliphatic rings. The number of halogens is 1. The zero-order chi connectivity index (χ0) is 15.9. The lowest BCUT2D eigenvalue weighted by Gasteiger charge is -2.31. The first kappa shape index (κ1) is 17.3. The number of carbonyl (C=O) groups excluding carboxylic acids is 1. The van der Waals surface area contributed by atoms with Crippen molar-refractivity contribution in [3.8, 4) is 0 Å². The Morgan fingerprint density at radius 1 is 1.23 bits per heavy atom. The number of unbranched alkanes of at least 4 members (excludes halogenated alkanes) is 1. The highest BCUT2D eigenvalue weighted by Gasteiger charge is 2.41. The van der Waals surface area contributed by atoms with Gasteiger partial charge in [-0.25, -0.2) is 0 Å². The van der Waals surface area contributed by atoms with E-state index >= 15 is 0 Å². The summed E-state index contributed by atoms with van der Waals surface area (Å²) in [7, 11) is 0. The van der Waals surface area contributed by atoms with E-state index in [0.29, 0.717) is 19.4 Å². The standard InChI is InChI=1S/C16H20BrNO3S/c17-13-5-1-2-6-14(13)22-10-4-3-9-18-15(19)11-7-8-12(11)16(20)21/h1-2,5-6,11-12H,3-4,7-10H2,(H,18,19)(H,20,21). The number of amides is 1. The number of carbonyl (C=O) groups is 2. The van der Waals surface area contributed by atoms with Crippen LogP contribution in [0.15, 0.2) is 33.6 Å². The van der Waals surface area contributed by atoms with Gasteiger partial charge < -0.3 is 10.4 Å². The molecule has 1 aromatic rings. The van der Waals surface area contributed by atoms with Gasteiger partial charge in [0.15, 0.2) is 0 Å².